The quantitative estimate of drug-likeness (QED) is 0.712. The van der Waals surface area contributed by atoms with Crippen LogP contribution in [0.3, 0.4) is 0 Å². The van der Waals surface area contributed by atoms with E-state index in [4.69, 9.17) is 0 Å². The van der Waals surface area contributed by atoms with Crippen LogP contribution < -0.4 is 0 Å². The maximum absolute atomic E-state index is 12.9. The number of rotatable bonds is 3. The molecule has 0 radical (unpaired) electrons. The number of carbonyl (C=O) groups is 1. The fourth-order valence-electron chi connectivity index (χ4n) is 4.18. The second-order valence-electron chi connectivity index (χ2n) is 7.69. The Labute approximate surface area is 158 Å². The number of urea groups is 1. The van der Waals surface area contributed by atoms with Gasteiger partial charge in [-0.15, -0.1) is 5.10 Å². The number of para-hydroxylation sites is 1. The number of hydrogen-bond acceptors (Lipinski definition) is 4. The summed E-state index contributed by atoms with van der Waals surface area (Å²) in [6, 6.07) is 8.64. The number of amides is 2. The predicted octanol–water partition coefficient (Wildman–Crippen LogP) is 3.40. The van der Waals surface area contributed by atoms with Crippen molar-refractivity contribution in [1.29, 1.82) is 0 Å². The number of aryl methyl sites for hydroxylation is 1. The van der Waals surface area contributed by atoms with Crippen LogP contribution in [-0.2, 0) is 6.54 Å². The van der Waals surface area contributed by atoms with Crippen molar-refractivity contribution in [2.24, 2.45) is 0 Å². The van der Waals surface area contributed by atoms with Crippen LogP contribution in [0.25, 0.3) is 16.6 Å². The molecule has 1 aromatic carbocycles. The highest BCUT2D eigenvalue weighted by Crippen LogP contribution is 2.28. The molecule has 1 aliphatic rings. The molecule has 7 heteroatoms. The Morgan fingerprint density at radius 1 is 1.22 bits per heavy atom. The van der Waals surface area contributed by atoms with Gasteiger partial charge in [0.15, 0.2) is 5.65 Å². The molecule has 0 bridgehead atoms. The Hall–Kier alpha value is -2.70. The van der Waals surface area contributed by atoms with Crippen LogP contribution >= 0.6 is 0 Å². The summed E-state index contributed by atoms with van der Waals surface area (Å²) >= 11 is 0. The lowest BCUT2D eigenvalue weighted by Crippen LogP contribution is -2.46. The Morgan fingerprint density at radius 3 is 2.74 bits per heavy atom. The van der Waals surface area contributed by atoms with E-state index in [1.807, 2.05) is 25.1 Å². The molecule has 2 heterocycles. The molecule has 3 aromatic rings. The molecule has 2 amide bonds. The molecule has 1 fully saturated rings. The largest absolute Gasteiger partial charge is 0.331 e. The number of pyridine rings is 1. The first-order valence-electron chi connectivity index (χ1n) is 9.63. The lowest BCUT2D eigenvalue weighted by atomic mass is 9.94. The van der Waals surface area contributed by atoms with E-state index in [9.17, 15) is 4.79 Å². The molecule has 0 spiro atoms. The summed E-state index contributed by atoms with van der Waals surface area (Å²) in [6.07, 6.45) is 5.75. The molecule has 27 heavy (non-hydrogen) atoms. The molecule has 0 atom stereocenters. The molecule has 7 nitrogen and oxygen atoms in total. The lowest BCUT2D eigenvalue weighted by molar-refractivity contribution is 0.129. The van der Waals surface area contributed by atoms with Gasteiger partial charge in [0.25, 0.3) is 0 Å². The summed E-state index contributed by atoms with van der Waals surface area (Å²) in [7, 11) is 3.63. The Balaban J connectivity index is 1.79. The van der Waals surface area contributed by atoms with E-state index >= 15 is 0 Å². The van der Waals surface area contributed by atoms with Crippen LogP contribution in [0.5, 0.6) is 0 Å². The van der Waals surface area contributed by atoms with Crippen LogP contribution in [0.1, 0.15) is 43.2 Å². The summed E-state index contributed by atoms with van der Waals surface area (Å²) < 4.78 is 1.80. The Kier molecular flexibility index (Phi) is 4.68. The molecule has 2 aromatic heterocycles. The summed E-state index contributed by atoms with van der Waals surface area (Å²) in [6.45, 7) is 2.59. The second kappa shape index (κ2) is 7.13. The lowest BCUT2D eigenvalue weighted by Gasteiger charge is -2.36. The van der Waals surface area contributed by atoms with Crippen molar-refractivity contribution in [1.82, 2.24) is 29.8 Å². The number of benzene rings is 1. The topological polar surface area (TPSA) is 66.6 Å². The van der Waals surface area contributed by atoms with Crippen molar-refractivity contribution in [3.8, 4) is 0 Å². The highest BCUT2D eigenvalue weighted by molar-refractivity contribution is 5.86. The first-order valence-corrected chi connectivity index (χ1v) is 9.63. The van der Waals surface area contributed by atoms with Gasteiger partial charge in [-0.05, 0) is 41.8 Å². The number of carbonyl (C=O) groups excluding carboxylic acids is 1. The highest BCUT2D eigenvalue weighted by Gasteiger charge is 2.28. The first kappa shape index (κ1) is 17.7. The average molecular weight is 366 g/mol. The molecule has 0 N–H and O–H groups in total. The second-order valence-corrected chi connectivity index (χ2v) is 7.69. The van der Waals surface area contributed by atoms with Gasteiger partial charge >= 0.3 is 6.03 Å². The van der Waals surface area contributed by atoms with Gasteiger partial charge in [0, 0.05) is 31.1 Å². The van der Waals surface area contributed by atoms with E-state index in [0.29, 0.717) is 6.54 Å². The van der Waals surface area contributed by atoms with Gasteiger partial charge in [0.05, 0.1) is 12.1 Å². The molecule has 4 rings (SSSR count). The zero-order valence-corrected chi connectivity index (χ0v) is 16.2. The number of aromatic nitrogens is 4. The van der Waals surface area contributed by atoms with Crippen LogP contribution in [0.15, 0.2) is 24.3 Å². The van der Waals surface area contributed by atoms with E-state index in [1.54, 1.807) is 9.42 Å². The van der Waals surface area contributed by atoms with Gasteiger partial charge in [-0.3, -0.25) is 0 Å². The number of hydrogen-bond donors (Lipinski definition) is 0. The van der Waals surface area contributed by atoms with Crippen LogP contribution in [0, 0.1) is 6.92 Å². The molecular weight excluding hydrogens is 340 g/mol. The highest BCUT2D eigenvalue weighted by atomic mass is 16.2. The van der Waals surface area contributed by atoms with Gasteiger partial charge in [0.2, 0.25) is 0 Å². The first-order chi connectivity index (χ1) is 13.1. The van der Waals surface area contributed by atoms with Crippen molar-refractivity contribution in [2.75, 3.05) is 14.1 Å². The third-order valence-electron chi connectivity index (χ3n) is 5.55. The average Bonchev–Trinajstić information content (AvgIpc) is 3.16. The van der Waals surface area contributed by atoms with Crippen molar-refractivity contribution in [3.63, 3.8) is 0 Å². The van der Waals surface area contributed by atoms with Crippen molar-refractivity contribution < 1.29 is 4.79 Å². The minimum absolute atomic E-state index is 0.0527. The third-order valence-corrected chi connectivity index (χ3v) is 5.55. The minimum atomic E-state index is 0.0527. The van der Waals surface area contributed by atoms with E-state index in [0.717, 1.165) is 40.5 Å². The molecular formula is C20H26N6O. The van der Waals surface area contributed by atoms with Gasteiger partial charge in [-0.2, -0.15) is 4.52 Å². The van der Waals surface area contributed by atoms with E-state index < -0.39 is 0 Å². The number of fused-ring (bicyclic) bond motifs is 3. The maximum Gasteiger partial charge on any atom is 0.320 e. The summed E-state index contributed by atoms with van der Waals surface area (Å²) in [5, 5.41) is 13.5. The minimum Gasteiger partial charge on any atom is -0.331 e. The predicted molar refractivity (Wildman–Crippen MR) is 105 cm³/mol. The standard InChI is InChI=1S/C20H26N6O/c1-14-8-7-9-15-12-16(19-21-22-23-26(19)18(14)15)13-25(20(27)24(2)3)17-10-5-4-6-11-17/h7-9,12,17H,4-6,10-11,13H2,1-3H3. The van der Waals surface area contributed by atoms with Crippen molar-refractivity contribution in [2.45, 2.75) is 51.6 Å². The molecule has 1 saturated carbocycles. The maximum atomic E-state index is 12.9. The SMILES string of the molecule is Cc1cccc2cc(CN(C(=O)N(C)C)C3CCCCC3)c3nnnn3c12. The van der Waals surface area contributed by atoms with Gasteiger partial charge < -0.3 is 9.80 Å². The van der Waals surface area contributed by atoms with E-state index in [1.165, 1.54) is 19.3 Å². The van der Waals surface area contributed by atoms with Crippen LogP contribution in [0.4, 0.5) is 4.79 Å². The zero-order chi connectivity index (χ0) is 19.0. The van der Waals surface area contributed by atoms with Crippen molar-refractivity contribution in [3.05, 3.63) is 35.4 Å². The molecule has 0 saturated heterocycles. The Morgan fingerprint density at radius 2 is 2.00 bits per heavy atom. The summed E-state index contributed by atoms with van der Waals surface area (Å²) in [5.74, 6) is 0. The van der Waals surface area contributed by atoms with Gasteiger partial charge in [-0.25, -0.2) is 4.79 Å². The van der Waals surface area contributed by atoms with Gasteiger partial charge in [0.1, 0.15) is 0 Å². The van der Waals surface area contributed by atoms with Crippen molar-refractivity contribution >= 4 is 22.6 Å². The van der Waals surface area contributed by atoms with Gasteiger partial charge in [-0.1, -0.05) is 37.5 Å². The fraction of sp³-hybridized carbons (Fsp3) is 0.500. The molecule has 1 aliphatic carbocycles. The summed E-state index contributed by atoms with van der Waals surface area (Å²) in [5.41, 5.74) is 3.86. The molecule has 142 valence electrons. The zero-order valence-electron chi connectivity index (χ0n) is 16.2. The van der Waals surface area contributed by atoms with E-state index in [2.05, 4.69) is 40.6 Å². The monoisotopic (exact) mass is 366 g/mol. The number of tetrazole rings is 1. The fourth-order valence-corrected chi connectivity index (χ4v) is 4.18. The summed E-state index contributed by atoms with van der Waals surface area (Å²) in [4.78, 5) is 16.6. The van der Waals surface area contributed by atoms with Crippen LogP contribution in [0.2, 0.25) is 0 Å². The molecule has 0 aliphatic heterocycles. The Bertz CT molecular complexity index is 973. The number of nitrogens with zero attached hydrogens (tertiary/aromatic N) is 6. The van der Waals surface area contributed by atoms with E-state index in [-0.39, 0.29) is 12.1 Å². The normalized spacial score (nSPS) is 15.4. The molecule has 0 unspecified atom stereocenters. The third kappa shape index (κ3) is 3.22. The van der Waals surface area contributed by atoms with Crippen LogP contribution in [-0.4, -0.2) is 56.0 Å². The smallest absolute Gasteiger partial charge is 0.320 e.